The Labute approximate surface area is 120 Å². The van der Waals surface area contributed by atoms with E-state index in [-0.39, 0.29) is 22.5 Å². The van der Waals surface area contributed by atoms with Crippen LogP contribution in [0.15, 0.2) is 16.6 Å². The second kappa shape index (κ2) is 5.75. The van der Waals surface area contributed by atoms with Crippen LogP contribution in [0.1, 0.15) is 20.8 Å². The summed E-state index contributed by atoms with van der Waals surface area (Å²) < 4.78 is 50.0. The van der Waals surface area contributed by atoms with Gasteiger partial charge in [-0.25, -0.2) is 17.2 Å². The average Bonchev–Trinajstić information content (AvgIpc) is 2.20. The highest BCUT2D eigenvalue weighted by Gasteiger charge is 2.28. The Kier molecular flexibility index (Phi) is 4.95. The molecule has 0 bridgehead atoms. The third-order valence-electron chi connectivity index (χ3n) is 2.61. The summed E-state index contributed by atoms with van der Waals surface area (Å²) in [5.41, 5.74) is -0.313. The summed E-state index contributed by atoms with van der Waals surface area (Å²) in [6.45, 7) is 4.71. The number of hydrogen-bond acceptors (Lipinski definition) is 3. The molecule has 0 fully saturated rings. The lowest BCUT2D eigenvalue weighted by Crippen LogP contribution is -2.33. The SMILES string of the molecule is CC(C)(C)S(=O)(=O)CCNc1c(F)cc(Br)cc1F. The zero-order valence-electron chi connectivity index (χ0n) is 10.9. The van der Waals surface area contributed by atoms with Gasteiger partial charge in [0.1, 0.15) is 17.3 Å². The van der Waals surface area contributed by atoms with Gasteiger partial charge >= 0.3 is 0 Å². The van der Waals surface area contributed by atoms with E-state index in [1.165, 1.54) is 0 Å². The first kappa shape index (κ1) is 16.4. The van der Waals surface area contributed by atoms with Crippen molar-refractivity contribution in [2.45, 2.75) is 25.5 Å². The Morgan fingerprint density at radius 2 is 1.68 bits per heavy atom. The van der Waals surface area contributed by atoms with Gasteiger partial charge in [0.15, 0.2) is 9.84 Å². The van der Waals surface area contributed by atoms with Gasteiger partial charge in [-0.15, -0.1) is 0 Å². The lowest BCUT2D eigenvalue weighted by molar-refractivity contribution is 0.559. The zero-order chi connectivity index (χ0) is 14.8. The molecule has 7 heteroatoms. The second-order valence-corrected chi connectivity index (χ2v) is 8.88. The maximum Gasteiger partial charge on any atom is 0.156 e. The number of rotatable bonds is 4. The molecule has 1 rings (SSSR count). The Balaban J connectivity index is 2.75. The van der Waals surface area contributed by atoms with E-state index in [0.29, 0.717) is 0 Å². The number of benzene rings is 1. The molecular weight excluding hydrogens is 340 g/mol. The van der Waals surface area contributed by atoms with E-state index < -0.39 is 26.2 Å². The highest BCUT2D eigenvalue weighted by molar-refractivity contribution is 9.10. The van der Waals surface area contributed by atoms with E-state index in [0.717, 1.165) is 12.1 Å². The molecule has 1 N–H and O–H groups in total. The van der Waals surface area contributed by atoms with Crippen LogP contribution in [-0.2, 0) is 9.84 Å². The molecule has 0 aliphatic rings. The predicted octanol–water partition coefficient (Wildman–Crippen LogP) is 3.35. The molecule has 1 aromatic carbocycles. The molecule has 19 heavy (non-hydrogen) atoms. The summed E-state index contributed by atoms with van der Waals surface area (Å²) in [5, 5.41) is 2.49. The van der Waals surface area contributed by atoms with E-state index in [2.05, 4.69) is 21.2 Å². The van der Waals surface area contributed by atoms with Gasteiger partial charge in [-0.05, 0) is 32.9 Å². The minimum Gasteiger partial charge on any atom is -0.379 e. The van der Waals surface area contributed by atoms with Gasteiger partial charge in [0.2, 0.25) is 0 Å². The fourth-order valence-corrected chi connectivity index (χ4v) is 2.71. The largest absolute Gasteiger partial charge is 0.379 e. The van der Waals surface area contributed by atoms with Crippen LogP contribution in [0.25, 0.3) is 0 Å². The van der Waals surface area contributed by atoms with Crippen LogP contribution in [0, 0.1) is 11.6 Å². The molecule has 3 nitrogen and oxygen atoms in total. The van der Waals surface area contributed by atoms with Gasteiger partial charge < -0.3 is 5.32 Å². The Hall–Kier alpha value is -0.690. The first-order valence-corrected chi connectivity index (χ1v) is 8.10. The minimum atomic E-state index is -3.32. The third kappa shape index (κ3) is 4.14. The second-order valence-electron chi connectivity index (χ2n) is 5.10. The van der Waals surface area contributed by atoms with Gasteiger partial charge in [0.05, 0.1) is 10.5 Å². The molecule has 0 atom stereocenters. The summed E-state index contributed by atoms with van der Waals surface area (Å²) in [5.74, 6) is -1.72. The van der Waals surface area contributed by atoms with Crippen LogP contribution < -0.4 is 5.32 Å². The summed E-state index contributed by atoms with van der Waals surface area (Å²) in [6.07, 6.45) is 0. The summed E-state index contributed by atoms with van der Waals surface area (Å²) in [4.78, 5) is 0. The Morgan fingerprint density at radius 3 is 2.11 bits per heavy atom. The molecule has 0 aromatic heterocycles. The molecule has 0 saturated heterocycles. The Morgan fingerprint density at radius 1 is 1.21 bits per heavy atom. The summed E-state index contributed by atoms with van der Waals surface area (Å²) in [6, 6.07) is 2.23. The Bertz CT molecular complexity index is 545. The van der Waals surface area contributed by atoms with Crippen molar-refractivity contribution in [1.82, 2.24) is 0 Å². The van der Waals surface area contributed by atoms with Crippen molar-refractivity contribution >= 4 is 31.5 Å². The number of nitrogens with one attached hydrogen (secondary N) is 1. The number of anilines is 1. The molecule has 0 saturated carbocycles. The first-order valence-electron chi connectivity index (χ1n) is 5.65. The predicted molar refractivity (Wildman–Crippen MR) is 76.1 cm³/mol. The molecule has 1 aromatic rings. The molecule has 108 valence electrons. The van der Waals surface area contributed by atoms with E-state index in [4.69, 9.17) is 0 Å². The minimum absolute atomic E-state index is 0.0466. The van der Waals surface area contributed by atoms with Crippen LogP contribution in [-0.4, -0.2) is 25.5 Å². The van der Waals surface area contributed by atoms with Gasteiger partial charge in [0.25, 0.3) is 0 Å². The molecule has 0 aliphatic heterocycles. The standard InChI is InChI=1S/C12H16BrF2NO2S/c1-12(2,3)19(17,18)5-4-16-11-9(14)6-8(13)7-10(11)15/h6-7,16H,4-5H2,1-3H3. The van der Waals surface area contributed by atoms with Crippen LogP contribution in [0.5, 0.6) is 0 Å². The van der Waals surface area contributed by atoms with Crippen molar-refractivity contribution in [3.8, 4) is 0 Å². The van der Waals surface area contributed by atoms with Crippen molar-refractivity contribution in [1.29, 1.82) is 0 Å². The number of halogens is 3. The monoisotopic (exact) mass is 355 g/mol. The van der Waals surface area contributed by atoms with E-state index in [1.807, 2.05) is 0 Å². The zero-order valence-corrected chi connectivity index (χ0v) is 13.3. The normalized spacial score (nSPS) is 12.5. The van der Waals surface area contributed by atoms with Gasteiger partial charge in [0, 0.05) is 11.0 Å². The molecule has 0 aliphatic carbocycles. The van der Waals surface area contributed by atoms with Crippen molar-refractivity contribution in [3.05, 3.63) is 28.2 Å². The van der Waals surface area contributed by atoms with Crippen LogP contribution in [0.2, 0.25) is 0 Å². The molecule has 0 spiro atoms. The molecule has 0 radical (unpaired) electrons. The summed E-state index contributed by atoms with van der Waals surface area (Å²) >= 11 is 2.97. The van der Waals surface area contributed by atoms with Gasteiger partial charge in [-0.3, -0.25) is 0 Å². The number of hydrogen-bond donors (Lipinski definition) is 1. The fraction of sp³-hybridized carbons (Fsp3) is 0.500. The lowest BCUT2D eigenvalue weighted by atomic mass is 10.3. The highest BCUT2D eigenvalue weighted by atomic mass is 79.9. The van der Waals surface area contributed by atoms with Gasteiger partial charge in [-0.1, -0.05) is 15.9 Å². The van der Waals surface area contributed by atoms with Crippen molar-refractivity contribution < 1.29 is 17.2 Å². The smallest absolute Gasteiger partial charge is 0.156 e. The van der Waals surface area contributed by atoms with Crippen molar-refractivity contribution in [2.24, 2.45) is 0 Å². The van der Waals surface area contributed by atoms with Crippen molar-refractivity contribution in [3.63, 3.8) is 0 Å². The van der Waals surface area contributed by atoms with E-state index in [1.54, 1.807) is 20.8 Å². The van der Waals surface area contributed by atoms with Crippen LogP contribution in [0.4, 0.5) is 14.5 Å². The third-order valence-corrected chi connectivity index (χ3v) is 5.68. The maximum absolute atomic E-state index is 13.5. The van der Waals surface area contributed by atoms with Crippen LogP contribution in [0.3, 0.4) is 0 Å². The number of sulfone groups is 1. The quantitative estimate of drug-likeness (QED) is 0.900. The molecule has 0 unspecified atom stereocenters. The maximum atomic E-state index is 13.5. The topological polar surface area (TPSA) is 46.2 Å². The highest BCUT2D eigenvalue weighted by Crippen LogP contribution is 2.24. The molecule has 0 amide bonds. The summed E-state index contributed by atoms with van der Waals surface area (Å²) in [7, 11) is -3.32. The van der Waals surface area contributed by atoms with E-state index >= 15 is 0 Å². The van der Waals surface area contributed by atoms with Crippen LogP contribution >= 0.6 is 15.9 Å². The van der Waals surface area contributed by atoms with E-state index in [9.17, 15) is 17.2 Å². The lowest BCUT2D eigenvalue weighted by Gasteiger charge is -2.19. The molecule has 0 heterocycles. The fourth-order valence-electron chi connectivity index (χ4n) is 1.33. The van der Waals surface area contributed by atoms with Crippen molar-refractivity contribution in [2.75, 3.05) is 17.6 Å². The van der Waals surface area contributed by atoms with Gasteiger partial charge in [-0.2, -0.15) is 0 Å². The molecular formula is C12H16BrF2NO2S. The first-order chi connectivity index (χ1) is 8.54. The average molecular weight is 356 g/mol.